The largest absolute Gasteiger partial charge is 0.488 e. The molecule has 7 heteroatoms. The minimum atomic E-state index is -0.571. The van der Waals surface area contributed by atoms with E-state index in [1.807, 2.05) is 0 Å². The van der Waals surface area contributed by atoms with E-state index in [9.17, 15) is 4.39 Å². The van der Waals surface area contributed by atoms with E-state index in [1.165, 1.54) is 12.1 Å². The number of hydrogen-bond acceptors (Lipinski definition) is 6. The number of rotatable bonds is 4. The molecule has 0 aromatic heterocycles. The summed E-state index contributed by atoms with van der Waals surface area (Å²) in [5.74, 6) is -0.278. The van der Waals surface area contributed by atoms with Gasteiger partial charge in [-0.25, -0.2) is 4.39 Å². The highest BCUT2D eigenvalue weighted by Gasteiger charge is 2.18. The second kappa shape index (κ2) is 7.22. The third-order valence-electron chi connectivity index (χ3n) is 2.93. The molecule has 0 aliphatic carbocycles. The second-order valence-electron chi connectivity index (χ2n) is 4.34. The monoisotopic (exact) mass is 288 g/mol. The normalized spacial score (nSPS) is 14.6. The zero-order valence-corrected chi connectivity index (χ0v) is 11.2. The topological polar surface area (TPSA) is 90.4 Å². The average Bonchev–Trinajstić information content (AvgIpc) is 2.51. The van der Waals surface area contributed by atoms with Crippen LogP contribution in [0.2, 0.25) is 0 Å². The van der Waals surface area contributed by atoms with E-state index >= 15 is 0 Å². The van der Waals surface area contributed by atoms with Crippen molar-refractivity contribution in [1.29, 1.82) is 10.5 Å². The first-order chi connectivity index (χ1) is 10.2. The van der Waals surface area contributed by atoms with E-state index in [0.717, 1.165) is 12.8 Å². The number of hydrazone groups is 1. The van der Waals surface area contributed by atoms with Crippen molar-refractivity contribution in [3.05, 3.63) is 24.0 Å². The van der Waals surface area contributed by atoms with Crippen LogP contribution >= 0.6 is 0 Å². The van der Waals surface area contributed by atoms with Crippen LogP contribution in [0.3, 0.4) is 0 Å². The lowest BCUT2D eigenvalue weighted by atomic mass is 10.1. The van der Waals surface area contributed by atoms with Crippen LogP contribution in [-0.2, 0) is 4.74 Å². The van der Waals surface area contributed by atoms with Crippen LogP contribution in [0, 0.1) is 28.5 Å². The molecule has 0 radical (unpaired) electrons. The van der Waals surface area contributed by atoms with Crippen LogP contribution < -0.4 is 10.2 Å². The first kappa shape index (κ1) is 14.8. The molecule has 1 aromatic carbocycles. The molecule has 21 heavy (non-hydrogen) atoms. The standard InChI is InChI=1S/C14H13FN4O2/c15-12-2-1-3-13(21-11-4-6-20-7-5-11)14(12)19-18-10(8-16)9-17/h1-3,11,19H,4-7H2. The van der Waals surface area contributed by atoms with Crippen molar-refractivity contribution in [3.8, 4) is 17.9 Å². The Morgan fingerprint density at radius 3 is 2.71 bits per heavy atom. The molecule has 0 spiro atoms. The summed E-state index contributed by atoms with van der Waals surface area (Å²) in [4.78, 5) is 0. The van der Waals surface area contributed by atoms with Gasteiger partial charge in [-0.1, -0.05) is 6.07 Å². The summed E-state index contributed by atoms with van der Waals surface area (Å²) >= 11 is 0. The number of nitrogens with zero attached hydrogens (tertiary/aromatic N) is 3. The first-order valence-corrected chi connectivity index (χ1v) is 6.41. The fourth-order valence-corrected chi connectivity index (χ4v) is 1.87. The first-order valence-electron chi connectivity index (χ1n) is 6.41. The van der Waals surface area contributed by atoms with Crippen molar-refractivity contribution >= 4 is 11.4 Å². The van der Waals surface area contributed by atoms with Crippen molar-refractivity contribution in [2.24, 2.45) is 5.10 Å². The Morgan fingerprint density at radius 1 is 1.33 bits per heavy atom. The molecule has 0 unspecified atom stereocenters. The molecular formula is C14H13FN4O2. The smallest absolute Gasteiger partial charge is 0.237 e. The highest BCUT2D eigenvalue weighted by Crippen LogP contribution is 2.29. The number of benzene rings is 1. The van der Waals surface area contributed by atoms with E-state index in [0.29, 0.717) is 19.0 Å². The molecule has 0 bridgehead atoms. The van der Waals surface area contributed by atoms with Gasteiger partial charge in [0.25, 0.3) is 0 Å². The predicted molar refractivity (Wildman–Crippen MR) is 73.2 cm³/mol. The Morgan fingerprint density at radius 2 is 2.05 bits per heavy atom. The number of para-hydroxylation sites is 1. The van der Waals surface area contributed by atoms with E-state index in [4.69, 9.17) is 20.0 Å². The van der Waals surface area contributed by atoms with E-state index in [1.54, 1.807) is 18.2 Å². The van der Waals surface area contributed by atoms with Gasteiger partial charge >= 0.3 is 0 Å². The predicted octanol–water partition coefficient (Wildman–Crippen LogP) is 2.20. The maximum Gasteiger partial charge on any atom is 0.237 e. The maximum atomic E-state index is 13.9. The Labute approximate surface area is 121 Å². The summed E-state index contributed by atoms with van der Waals surface area (Å²) in [5, 5.41) is 20.8. The lowest BCUT2D eigenvalue weighted by Gasteiger charge is -2.24. The van der Waals surface area contributed by atoms with Gasteiger partial charge in [-0.2, -0.15) is 15.6 Å². The number of hydrogen-bond donors (Lipinski definition) is 1. The quantitative estimate of drug-likeness (QED) is 0.677. The lowest BCUT2D eigenvalue weighted by Crippen LogP contribution is -2.26. The third kappa shape index (κ3) is 3.91. The molecule has 1 fully saturated rings. The van der Waals surface area contributed by atoms with E-state index in [-0.39, 0.29) is 11.8 Å². The zero-order valence-electron chi connectivity index (χ0n) is 11.2. The Bertz CT molecular complexity index is 596. The Balaban J connectivity index is 2.18. The van der Waals surface area contributed by atoms with E-state index in [2.05, 4.69) is 10.5 Å². The molecule has 0 atom stereocenters. The van der Waals surface area contributed by atoms with Crippen LogP contribution in [0.1, 0.15) is 12.8 Å². The molecule has 1 aromatic rings. The van der Waals surface area contributed by atoms with Crippen molar-refractivity contribution < 1.29 is 13.9 Å². The number of nitrogens with one attached hydrogen (secondary N) is 1. The van der Waals surface area contributed by atoms with Gasteiger partial charge in [0.05, 0.1) is 13.2 Å². The van der Waals surface area contributed by atoms with Gasteiger partial charge in [0.15, 0.2) is 5.82 Å². The van der Waals surface area contributed by atoms with Gasteiger partial charge in [0.1, 0.15) is 29.7 Å². The Kier molecular flexibility index (Phi) is 5.08. The fraction of sp³-hybridized carbons (Fsp3) is 0.357. The van der Waals surface area contributed by atoms with Crippen LogP contribution in [0.4, 0.5) is 10.1 Å². The summed E-state index contributed by atoms with van der Waals surface area (Å²) in [7, 11) is 0. The molecular weight excluding hydrogens is 275 g/mol. The second-order valence-corrected chi connectivity index (χ2v) is 4.34. The van der Waals surface area contributed by atoms with Crippen molar-refractivity contribution in [1.82, 2.24) is 0 Å². The number of nitriles is 2. The molecule has 1 heterocycles. The highest BCUT2D eigenvalue weighted by atomic mass is 19.1. The zero-order chi connectivity index (χ0) is 15.1. The molecule has 0 amide bonds. The minimum absolute atomic E-state index is 0.00647. The Hall–Kier alpha value is -2.64. The van der Waals surface area contributed by atoms with E-state index < -0.39 is 11.5 Å². The van der Waals surface area contributed by atoms with Crippen molar-refractivity contribution in [2.45, 2.75) is 18.9 Å². The van der Waals surface area contributed by atoms with Crippen LogP contribution in [0.5, 0.6) is 5.75 Å². The number of anilines is 1. The highest BCUT2D eigenvalue weighted by molar-refractivity contribution is 6.10. The summed E-state index contributed by atoms with van der Waals surface area (Å²) in [6.07, 6.45) is 1.39. The molecule has 1 aliphatic rings. The maximum absolute atomic E-state index is 13.9. The lowest BCUT2D eigenvalue weighted by molar-refractivity contribution is 0.0257. The molecule has 1 aliphatic heterocycles. The van der Waals surface area contributed by atoms with Crippen LogP contribution in [0.15, 0.2) is 23.3 Å². The molecule has 1 N–H and O–H groups in total. The van der Waals surface area contributed by atoms with Gasteiger partial charge < -0.3 is 9.47 Å². The van der Waals surface area contributed by atoms with Crippen LogP contribution in [0.25, 0.3) is 0 Å². The minimum Gasteiger partial charge on any atom is -0.488 e. The SMILES string of the molecule is N#CC(C#N)=NNc1c(F)cccc1OC1CCOCC1. The van der Waals surface area contributed by atoms with Gasteiger partial charge in [-0.3, -0.25) is 5.43 Å². The number of halogens is 1. The molecule has 2 rings (SSSR count). The summed E-state index contributed by atoms with van der Waals surface area (Å²) < 4.78 is 24.8. The van der Waals surface area contributed by atoms with Crippen molar-refractivity contribution in [3.63, 3.8) is 0 Å². The summed E-state index contributed by atoms with van der Waals surface area (Å²) in [6.45, 7) is 1.21. The molecule has 0 saturated carbocycles. The number of ether oxygens (including phenoxy) is 2. The average molecular weight is 288 g/mol. The van der Waals surface area contributed by atoms with Gasteiger partial charge in [-0.05, 0) is 12.1 Å². The molecule has 6 nitrogen and oxygen atoms in total. The van der Waals surface area contributed by atoms with Gasteiger partial charge in [0.2, 0.25) is 5.71 Å². The third-order valence-corrected chi connectivity index (χ3v) is 2.93. The summed E-state index contributed by atoms with van der Waals surface area (Å²) in [5.41, 5.74) is 2.00. The molecule has 1 saturated heterocycles. The summed E-state index contributed by atoms with van der Waals surface area (Å²) in [6, 6.07) is 7.55. The van der Waals surface area contributed by atoms with Crippen LogP contribution in [-0.4, -0.2) is 25.0 Å². The molecule has 108 valence electrons. The van der Waals surface area contributed by atoms with Gasteiger partial charge in [-0.15, -0.1) is 0 Å². The van der Waals surface area contributed by atoms with Crippen molar-refractivity contribution in [2.75, 3.05) is 18.6 Å². The fourth-order valence-electron chi connectivity index (χ4n) is 1.87. The van der Waals surface area contributed by atoms with Gasteiger partial charge in [0, 0.05) is 12.8 Å².